The number of benzene rings is 1. The molecule has 21 heavy (non-hydrogen) atoms. The predicted molar refractivity (Wildman–Crippen MR) is 88.2 cm³/mol. The standard InChI is InChI=1S/C18H28N2O/c1-21-18-13-15(14-19-16-7-3-2-4-8-16)9-10-17(18)20-11-5-6-12-20/h9-10,13,16,19H,2-8,11-12,14H2,1H3. The maximum Gasteiger partial charge on any atom is 0.142 e. The van der Waals surface area contributed by atoms with Gasteiger partial charge in [-0.2, -0.15) is 0 Å². The van der Waals surface area contributed by atoms with Crippen molar-refractivity contribution in [2.24, 2.45) is 0 Å². The Morgan fingerprint density at radius 2 is 1.86 bits per heavy atom. The number of ether oxygens (including phenoxy) is 1. The Morgan fingerprint density at radius 1 is 1.10 bits per heavy atom. The molecule has 2 fully saturated rings. The van der Waals surface area contributed by atoms with Crippen LogP contribution >= 0.6 is 0 Å². The summed E-state index contributed by atoms with van der Waals surface area (Å²) in [4.78, 5) is 2.44. The van der Waals surface area contributed by atoms with E-state index in [0.717, 1.165) is 25.4 Å². The predicted octanol–water partition coefficient (Wildman–Crippen LogP) is 3.72. The van der Waals surface area contributed by atoms with Crippen molar-refractivity contribution in [2.75, 3.05) is 25.1 Å². The number of methoxy groups -OCH3 is 1. The first kappa shape index (κ1) is 14.7. The fourth-order valence-corrected chi connectivity index (χ4v) is 3.62. The van der Waals surface area contributed by atoms with Gasteiger partial charge in [0.15, 0.2) is 0 Å². The van der Waals surface area contributed by atoms with E-state index in [1.54, 1.807) is 7.11 Å². The van der Waals surface area contributed by atoms with Crippen LogP contribution in [0.4, 0.5) is 5.69 Å². The minimum atomic E-state index is 0.711. The Hall–Kier alpha value is -1.22. The van der Waals surface area contributed by atoms with Crippen LogP contribution in [-0.4, -0.2) is 26.2 Å². The van der Waals surface area contributed by atoms with Crippen LogP contribution in [0.3, 0.4) is 0 Å². The summed E-state index contributed by atoms with van der Waals surface area (Å²) >= 11 is 0. The van der Waals surface area contributed by atoms with Gasteiger partial charge in [-0.15, -0.1) is 0 Å². The molecule has 1 aromatic carbocycles. The molecule has 1 saturated heterocycles. The lowest BCUT2D eigenvalue weighted by atomic mass is 9.95. The summed E-state index contributed by atoms with van der Waals surface area (Å²) < 4.78 is 5.62. The van der Waals surface area contributed by atoms with Gasteiger partial charge in [0, 0.05) is 25.7 Å². The lowest BCUT2D eigenvalue weighted by Crippen LogP contribution is -2.30. The van der Waals surface area contributed by atoms with E-state index in [2.05, 4.69) is 28.4 Å². The van der Waals surface area contributed by atoms with Crippen molar-refractivity contribution in [2.45, 2.75) is 57.5 Å². The van der Waals surface area contributed by atoms with Gasteiger partial charge in [-0.1, -0.05) is 25.3 Å². The SMILES string of the molecule is COc1cc(CNC2CCCCC2)ccc1N1CCCC1. The van der Waals surface area contributed by atoms with E-state index < -0.39 is 0 Å². The molecule has 0 spiro atoms. The normalized spacial score (nSPS) is 20.0. The van der Waals surface area contributed by atoms with Crippen LogP contribution in [0.5, 0.6) is 5.75 Å². The lowest BCUT2D eigenvalue weighted by molar-refractivity contribution is 0.371. The first-order valence-electron chi connectivity index (χ1n) is 8.52. The average Bonchev–Trinajstić information content (AvgIpc) is 3.08. The minimum absolute atomic E-state index is 0.711. The maximum atomic E-state index is 5.62. The zero-order valence-corrected chi connectivity index (χ0v) is 13.2. The third-order valence-corrected chi connectivity index (χ3v) is 4.89. The molecule has 1 saturated carbocycles. The van der Waals surface area contributed by atoms with Crippen LogP contribution < -0.4 is 15.0 Å². The summed E-state index contributed by atoms with van der Waals surface area (Å²) in [5.41, 5.74) is 2.59. The molecule has 1 heterocycles. The molecule has 0 unspecified atom stereocenters. The second-order valence-electron chi connectivity index (χ2n) is 6.42. The minimum Gasteiger partial charge on any atom is -0.495 e. The summed E-state index contributed by atoms with van der Waals surface area (Å²) in [6.45, 7) is 3.29. The van der Waals surface area contributed by atoms with Gasteiger partial charge in [0.2, 0.25) is 0 Å². The quantitative estimate of drug-likeness (QED) is 0.893. The van der Waals surface area contributed by atoms with Crippen molar-refractivity contribution in [1.29, 1.82) is 0 Å². The van der Waals surface area contributed by atoms with E-state index in [1.807, 2.05) is 0 Å². The maximum absolute atomic E-state index is 5.62. The van der Waals surface area contributed by atoms with Crippen molar-refractivity contribution in [3.05, 3.63) is 23.8 Å². The van der Waals surface area contributed by atoms with E-state index in [0.29, 0.717) is 6.04 Å². The zero-order chi connectivity index (χ0) is 14.5. The molecular formula is C18H28N2O. The fourth-order valence-electron chi connectivity index (χ4n) is 3.62. The molecule has 3 rings (SSSR count). The van der Waals surface area contributed by atoms with Crippen molar-refractivity contribution in [1.82, 2.24) is 5.32 Å². The van der Waals surface area contributed by atoms with Crippen LogP contribution in [0.1, 0.15) is 50.5 Å². The Labute approximate surface area is 128 Å². The lowest BCUT2D eigenvalue weighted by Gasteiger charge is -2.24. The third kappa shape index (κ3) is 3.70. The summed E-state index contributed by atoms with van der Waals surface area (Å²) in [5, 5.41) is 3.71. The van der Waals surface area contributed by atoms with Gasteiger partial charge in [-0.3, -0.25) is 0 Å². The second-order valence-corrected chi connectivity index (χ2v) is 6.42. The third-order valence-electron chi connectivity index (χ3n) is 4.89. The molecule has 1 aromatic rings. The van der Waals surface area contributed by atoms with Gasteiger partial charge in [-0.25, -0.2) is 0 Å². The Bertz CT molecular complexity index is 449. The van der Waals surface area contributed by atoms with Crippen molar-refractivity contribution in [3.63, 3.8) is 0 Å². The molecule has 3 nitrogen and oxygen atoms in total. The molecule has 1 aliphatic heterocycles. The van der Waals surface area contributed by atoms with E-state index in [1.165, 1.54) is 56.2 Å². The molecular weight excluding hydrogens is 260 g/mol. The van der Waals surface area contributed by atoms with Gasteiger partial charge in [0.05, 0.1) is 12.8 Å². The highest BCUT2D eigenvalue weighted by molar-refractivity contribution is 5.60. The first-order valence-corrected chi connectivity index (χ1v) is 8.52. The number of nitrogens with zero attached hydrogens (tertiary/aromatic N) is 1. The molecule has 1 aliphatic carbocycles. The van der Waals surface area contributed by atoms with Gasteiger partial charge >= 0.3 is 0 Å². The van der Waals surface area contributed by atoms with E-state index in [9.17, 15) is 0 Å². The Kier molecular flexibility index (Phi) is 5.02. The van der Waals surface area contributed by atoms with Gasteiger partial charge in [0.25, 0.3) is 0 Å². The van der Waals surface area contributed by atoms with Crippen LogP contribution in [0.15, 0.2) is 18.2 Å². The van der Waals surface area contributed by atoms with Crippen molar-refractivity contribution < 1.29 is 4.74 Å². The van der Waals surface area contributed by atoms with Gasteiger partial charge < -0.3 is 15.0 Å². The number of nitrogens with one attached hydrogen (secondary N) is 1. The molecule has 116 valence electrons. The van der Waals surface area contributed by atoms with Crippen LogP contribution in [-0.2, 0) is 6.54 Å². The largest absolute Gasteiger partial charge is 0.495 e. The van der Waals surface area contributed by atoms with E-state index in [-0.39, 0.29) is 0 Å². The molecule has 3 heteroatoms. The number of hydrogen-bond acceptors (Lipinski definition) is 3. The highest BCUT2D eigenvalue weighted by Crippen LogP contribution is 2.31. The average molecular weight is 288 g/mol. The summed E-state index contributed by atoms with van der Waals surface area (Å²) in [6.07, 6.45) is 9.45. The van der Waals surface area contributed by atoms with E-state index >= 15 is 0 Å². The van der Waals surface area contributed by atoms with Crippen LogP contribution in [0.25, 0.3) is 0 Å². The fraction of sp³-hybridized carbons (Fsp3) is 0.667. The molecule has 1 N–H and O–H groups in total. The van der Waals surface area contributed by atoms with Crippen molar-refractivity contribution >= 4 is 5.69 Å². The first-order chi connectivity index (χ1) is 10.4. The van der Waals surface area contributed by atoms with Crippen molar-refractivity contribution in [3.8, 4) is 5.75 Å². The molecule has 0 atom stereocenters. The number of rotatable bonds is 5. The number of anilines is 1. The van der Waals surface area contributed by atoms with E-state index in [4.69, 9.17) is 4.74 Å². The smallest absolute Gasteiger partial charge is 0.142 e. The zero-order valence-electron chi connectivity index (χ0n) is 13.2. The molecule has 0 amide bonds. The number of hydrogen-bond donors (Lipinski definition) is 1. The highest BCUT2D eigenvalue weighted by atomic mass is 16.5. The second kappa shape index (κ2) is 7.17. The van der Waals surface area contributed by atoms with Gasteiger partial charge in [0.1, 0.15) is 5.75 Å². The summed E-state index contributed by atoms with van der Waals surface area (Å²) in [6, 6.07) is 7.42. The molecule has 0 aromatic heterocycles. The van der Waals surface area contributed by atoms with Crippen LogP contribution in [0, 0.1) is 0 Å². The summed E-state index contributed by atoms with van der Waals surface area (Å²) in [7, 11) is 1.78. The van der Waals surface area contributed by atoms with Gasteiger partial charge in [-0.05, 0) is 43.4 Å². The monoisotopic (exact) mass is 288 g/mol. The molecule has 0 bridgehead atoms. The summed E-state index contributed by atoms with van der Waals surface area (Å²) in [5.74, 6) is 1.03. The topological polar surface area (TPSA) is 24.5 Å². The Balaban J connectivity index is 1.62. The molecule has 2 aliphatic rings. The molecule has 0 radical (unpaired) electrons. The van der Waals surface area contributed by atoms with Crippen LogP contribution in [0.2, 0.25) is 0 Å². The highest BCUT2D eigenvalue weighted by Gasteiger charge is 2.17. The Morgan fingerprint density at radius 3 is 2.57 bits per heavy atom.